The molecule has 0 aromatic carbocycles. The Labute approximate surface area is 574 Å². The molecule has 1 amide bonds. The first-order valence-corrected chi connectivity index (χ1v) is 40.8. The van der Waals surface area contributed by atoms with Crippen LogP contribution in [0.4, 0.5) is 0 Å². The third kappa shape index (κ3) is 56.5. The maximum absolute atomic E-state index is 13.5. The van der Waals surface area contributed by atoms with Gasteiger partial charge in [0.05, 0.1) is 25.4 Å². The van der Waals surface area contributed by atoms with E-state index in [1.54, 1.807) is 6.08 Å². The van der Waals surface area contributed by atoms with E-state index in [2.05, 4.69) is 50.4 Å². The fraction of sp³-hybridized carbons (Fsp3) is 0.902. The molecule has 548 valence electrons. The van der Waals surface area contributed by atoms with Crippen molar-refractivity contribution < 1.29 is 49.3 Å². The average molecular weight is 1320 g/mol. The number of allylic oxidation sites excluding steroid dienone is 5. The van der Waals surface area contributed by atoms with Gasteiger partial charge in [0.2, 0.25) is 5.91 Å². The number of esters is 1. The molecule has 8 unspecified atom stereocenters. The maximum Gasteiger partial charge on any atom is 0.306 e. The van der Waals surface area contributed by atoms with Crippen molar-refractivity contribution in [3.8, 4) is 0 Å². The number of rotatable bonds is 72. The van der Waals surface area contributed by atoms with E-state index in [9.17, 15) is 35.1 Å². The minimum Gasteiger partial charge on any atom is -0.454 e. The molecule has 0 aromatic heterocycles. The van der Waals surface area contributed by atoms with E-state index in [4.69, 9.17) is 14.2 Å². The number of nitrogens with one attached hydrogen (secondary N) is 1. The van der Waals surface area contributed by atoms with Gasteiger partial charge in [-0.2, -0.15) is 0 Å². The van der Waals surface area contributed by atoms with E-state index < -0.39 is 67.4 Å². The van der Waals surface area contributed by atoms with Crippen LogP contribution in [-0.2, 0) is 23.8 Å². The van der Waals surface area contributed by atoms with E-state index in [0.717, 1.165) is 64.2 Å². The summed E-state index contributed by atoms with van der Waals surface area (Å²) in [6, 6.07) is -1.02. The van der Waals surface area contributed by atoms with Crippen molar-refractivity contribution >= 4 is 11.9 Å². The minimum atomic E-state index is -1.61. The standard InChI is InChI=1S/C82H155NO10/c1-4-7-10-13-16-19-22-25-27-29-31-33-35-37-39-40-42-44-46-48-51-54-57-60-63-66-69-75(86)81(90)83-73(74(85)68-65-62-59-56-53-50-24-21-18-15-12-9-6-3)72-91-82-80(79(89)78(88)76(71-84)92-82)93-77(87)70-67-64-61-58-55-52-49-47-45-43-41-38-36-34-32-30-28-26-23-20-17-14-11-8-5-2/h16,19,25,27,65,68,73-76,78-80,82,84-86,88-89H,4-15,17-18,20-24,26,28-64,66-67,69-72H2,1-3H3,(H,83,90)/b19-16-,27-25-,68-65+. The molecular weight excluding hydrogens is 1160 g/mol. The monoisotopic (exact) mass is 1310 g/mol. The Bertz CT molecular complexity index is 1660. The summed E-state index contributed by atoms with van der Waals surface area (Å²) >= 11 is 0. The lowest BCUT2D eigenvalue weighted by molar-refractivity contribution is -0.305. The summed E-state index contributed by atoms with van der Waals surface area (Å²) < 4.78 is 17.8. The second-order valence-corrected chi connectivity index (χ2v) is 28.5. The van der Waals surface area contributed by atoms with Crippen LogP contribution in [0.1, 0.15) is 412 Å². The Kier molecular flexibility index (Phi) is 66.7. The van der Waals surface area contributed by atoms with Crippen LogP contribution in [0.5, 0.6) is 0 Å². The van der Waals surface area contributed by atoms with Crippen molar-refractivity contribution in [1.29, 1.82) is 0 Å². The third-order valence-corrected chi connectivity index (χ3v) is 19.5. The van der Waals surface area contributed by atoms with Gasteiger partial charge in [0.1, 0.15) is 24.4 Å². The largest absolute Gasteiger partial charge is 0.454 e. The molecule has 0 saturated carbocycles. The van der Waals surface area contributed by atoms with Gasteiger partial charge in [-0.25, -0.2) is 0 Å². The zero-order valence-electron chi connectivity index (χ0n) is 61.4. The molecule has 8 atom stereocenters. The number of carbonyl (C=O) groups is 2. The van der Waals surface area contributed by atoms with Crippen molar-refractivity contribution in [3.05, 3.63) is 36.5 Å². The predicted octanol–water partition coefficient (Wildman–Crippen LogP) is 22.1. The molecule has 1 fully saturated rings. The molecule has 1 heterocycles. The van der Waals surface area contributed by atoms with Crippen molar-refractivity contribution in [3.63, 3.8) is 0 Å². The summed E-state index contributed by atoms with van der Waals surface area (Å²) in [5.74, 6) is -1.17. The van der Waals surface area contributed by atoms with Crippen LogP contribution in [0.2, 0.25) is 0 Å². The number of carbonyl (C=O) groups excluding carboxylic acids is 2. The molecule has 6 N–H and O–H groups in total. The number of ether oxygens (including phenoxy) is 3. The highest BCUT2D eigenvalue weighted by Crippen LogP contribution is 2.27. The van der Waals surface area contributed by atoms with E-state index >= 15 is 0 Å². The zero-order chi connectivity index (χ0) is 67.4. The number of aliphatic hydroxyl groups excluding tert-OH is 5. The Morgan fingerprint density at radius 3 is 1.12 bits per heavy atom. The van der Waals surface area contributed by atoms with Crippen molar-refractivity contribution in [2.24, 2.45) is 0 Å². The molecule has 1 aliphatic heterocycles. The van der Waals surface area contributed by atoms with Gasteiger partial charge >= 0.3 is 5.97 Å². The molecule has 0 aromatic rings. The molecule has 93 heavy (non-hydrogen) atoms. The Morgan fingerprint density at radius 1 is 0.419 bits per heavy atom. The highest BCUT2D eigenvalue weighted by molar-refractivity contribution is 5.80. The lowest BCUT2D eigenvalue weighted by atomic mass is 9.99. The number of hydrogen-bond acceptors (Lipinski definition) is 10. The van der Waals surface area contributed by atoms with Gasteiger partial charge in [-0.3, -0.25) is 9.59 Å². The molecule has 0 aliphatic carbocycles. The fourth-order valence-corrected chi connectivity index (χ4v) is 13.2. The SMILES string of the molecule is CCCCC/C=C\C/C=C\CCCCCCCCCCCCCCCCCCC(O)C(=O)NC(COC1OC(CO)C(O)C(O)C1OC(=O)CCCCCCCCCCCCCCCCCCCCCCCCCCC)C(O)/C=C/CCCCCCCCCCCCC. The number of aliphatic hydroxyl groups is 5. The smallest absolute Gasteiger partial charge is 0.306 e. The number of amides is 1. The predicted molar refractivity (Wildman–Crippen MR) is 394 cm³/mol. The summed E-state index contributed by atoms with van der Waals surface area (Å²) in [7, 11) is 0. The van der Waals surface area contributed by atoms with Gasteiger partial charge < -0.3 is 45.1 Å². The summed E-state index contributed by atoms with van der Waals surface area (Å²) in [4.78, 5) is 26.8. The molecule has 11 nitrogen and oxygen atoms in total. The first-order chi connectivity index (χ1) is 45.7. The van der Waals surface area contributed by atoms with Crippen LogP contribution in [0.25, 0.3) is 0 Å². The average Bonchev–Trinajstić information content (AvgIpc) is 0.910. The Hall–Kier alpha value is -2.12. The third-order valence-electron chi connectivity index (χ3n) is 19.5. The van der Waals surface area contributed by atoms with Gasteiger partial charge in [0.25, 0.3) is 0 Å². The molecule has 0 bridgehead atoms. The van der Waals surface area contributed by atoms with E-state index in [0.29, 0.717) is 19.3 Å². The Balaban J connectivity index is 2.49. The zero-order valence-corrected chi connectivity index (χ0v) is 61.4. The normalized spacial score (nSPS) is 18.0. The van der Waals surface area contributed by atoms with E-state index in [-0.39, 0.29) is 13.0 Å². The lowest BCUT2D eigenvalue weighted by Crippen LogP contribution is -2.61. The van der Waals surface area contributed by atoms with Gasteiger partial charge in [0, 0.05) is 6.42 Å². The van der Waals surface area contributed by atoms with Crippen molar-refractivity contribution in [1.82, 2.24) is 5.32 Å². The second kappa shape index (κ2) is 69.8. The molecule has 1 aliphatic rings. The summed E-state index contributed by atoms with van der Waals surface area (Å²) in [5, 5.41) is 57.5. The lowest BCUT2D eigenvalue weighted by Gasteiger charge is -2.41. The van der Waals surface area contributed by atoms with Gasteiger partial charge in [0.15, 0.2) is 12.4 Å². The summed E-state index contributed by atoms with van der Waals surface area (Å²) in [5.41, 5.74) is 0. The van der Waals surface area contributed by atoms with E-state index in [1.807, 2.05) is 6.08 Å². The number of hydrogen-bond donors (Lipinski definition) is 6. The maximum atomic E-state index is 13.5. The molecule has 0 spiro atoms. The van der Waals surface area contributed by atoms with Gasteiger partial charge in [-0.05, 0) is 57.8 Å². The topological polar surface area (TPSA) is 175 Å². The van der Waals surface area contributed by atoms with Crippen LogP contribution in [0.3, 0.4) is 0 Å². The molecule has 11 heteroatoms. The van der Waals surface area contributed by atoms with Crippen LogP contribution in [0, 0.1) is 0 Å². The summed E-state index contributed by atoms with van der Waals surface area (Å²) in [6.07, 6.45) is 77.8. The molecule has 0 radical (unpaired) electrons. The van der Waals surface area contributed by atoms with E-state index in [1.165, 1.54) is 302 Å². The van der Waals surface area contributed by atoms with Crippen LogP contribution >= 0.6 is 0 Å². The first kappa shape index (κ1) is 88.9. The molecule has 1 saturated heterocycles. The first-order valence-electron chi connectivity index (χ1n) is 40.8. The minimum absolute atomic E-state index is 0.131. The van der Waals surface area contributed by atoms with Crippen LogP contribution in [0.15, 0.2) is 36.5 Å². The van der Waals surface area contributed by atoms with Gasteiger partial charge in [-0.1, -0.05) is 385 Å². The molecule has 1 rings (SSSR count). The Morgan fingerprint density at radius 2 is 0.742 bits per heavy atom. The quantitative estimate of drug-likeness (QED) is 0.0195. The van der Waals surface area contributed by atoms with Crippen molar-refractivity contribution in [2.45, 2.75) is 461 Å². The number of unbranched alkanes of at least 4 members (excludes halogenated alkanes) is 54. The highest BCUT2D eigenvalue weighted by atomic mass is 16.7. The van der Waals surface area contributed by atoms with Crippen molar-refractivity contribution in [2.75, 3.05) is 13.2 Å². The highest BCUT2D eigenvalue weighted by Gasteiger charge is 2.47. The fourth-order valence-electron chi connectivity index (χ4n) is 13.2. The van der Waals surface area contributed by atoms with Gasteiger partial charge in [-0.15, -0.1) is 0 Å². The second-order valence-electron chi connectivity index (χ2n) is 28.5. The molecular formula is C82H155NO10. The summed E-state index contributed by atoms with van der Waals surface area (Å²) in [6.45, 7) is 5.85. The van der Waals surface area contributed by atoms with Crippen LogP contribution in [-0.4, -0.2) is 99.6 Å². The van der Waals surface area contributed by atoms with Crippen LogP contribution < -0.4 is 5.32 Å².